The Morgan fingerprint density at radius 1 is 1.12 bits per heavy atom. The Labute approximate surface area is 99.2 Å². The largest absolute Gasteiger partial charge is 0.480 e. The van der Waals surface area contributed by atoms with Gasteiger partial charge in [-0.05, 0) is 5.92 Å². The van der Waals surface area contributed by atoms with Crippen LogP contribution in [-0.2, 0) is 14.4 Å². The zero-order valence-electron chi connectivity index (χ0n) is 9.92. The van der Waals surface area contributed by atoms with Crippen LogP contribution in [0.15, 0.2) is 0 Å². The number of amides is 1. The van der Waals surface area contributed by atoms with Gasteiger partial charge in [0.1, 0.15) is 13.1 Å². The number of aliphatic carboxylic acids is 2. The number of hydrogen-bond donors (Lipinski definition) is 3. The predicted molar refractivity (Wildman–Crippen MR) is 59.3 cm³/mol. The van der Waals surface area contributed by atoms with E-state index in [0.29, 0.717) is 0 Å². The molecule has 0 radical (unpaired) electrons. The summed E-state index contributed by atoms with van der Waals surface area (Å²) < 4.78 is 0. The highest BCUT2D eigenvalue weighted by atomic mass is 16.4. The molecular formula is C10H18N2O5. The third kappa shape index (κ3) is 6.52. The minimum atomic E-state index is -1.25. The number of nitrogens with zero attached hydrogens (tertiary/aromatic N) is 1. The molecule has 1 amide bonds. The summed E-state index contributed by atoms with van der Waals surface area (Å²) in [5.41, 5.74) is 5.67. The zero-order valence-corrected chi connectivity index (χ0v) is 9.92. The first-order valence-corrected chi connectivity index (χ1v) is 5.21. The molecule has 0 spiro atoms. The van der Waals surface area contributed by atoms with Gasteiger partial charge in [0.25, 0.3) is 0 Å². The molecule has 4 N–H and O–H groups in total. The van der Waals surface area contributed by atoms with E-state index in [-0.39, 0.29) is 12.3 Å². The number of hydrogen-bond acceptors (Lipinski definition) is 4. The summed E-state index contributed by atoms with van der Waals surface area (Å²) in [7, 11) is 0. The van der Waals surface area contributed by atoms with Crippen molar-refractivity contribution in [2.45, 2.75) is 26.3 Å². The first kappa shape index (κ1) is 15.4. The quantitative estimate of drug-likeness (QED) is 0.549. The van der Waals surface area contributed by atoms with Crippen LogP contribution in [0.4, 0.5) is 0 Å². The topological polar surface area (TPSA) is 121 Å². The lowest BCUT2D eigenvalue weighted by atomic mass is 10.0. The minimum Gasteiger partial charge on any atom is -0.480 e. The summed E-state index contributed by atoms with van der Waals surface area (Å²) in [6.07, 6.45) is -0.0573. The molecule has 0 aliphatic heterocycles. The molecule has 0 bridgehead atoms. The normalized spacial score (nSPS) is 12.2. The lowest BCUT2D eigenvalue weighted by Gasteiger charge is -2.22. The van der Waals surface area contributed by atoms with E-state index in [9.17, 15) is 14.4 Å². The van der Waals surface area contributed by atoms with Crippen molar-refractivity contribution >= 4 is 17.8 Å². The third-order valence-electron chi connectivity index (χ3n) is 2.27. The maximum Gasteiger partial charge on any atom is 0.323 e. The summed E-state index contributed by atoms with van der Waals surface area (Å²) in [4.78, 5) is 33.4. The lowest BCUT2D eigenvalue weighted by molar-refractivity contribution is -0.149. The van der Waals surface area contributed by atoms with Crippen LogP contribution in [0.3, 0.4) is 0 Å². The van der Waals surface area contributed by atoms with Gasteiger partial charge in [0.15, 0.2) is 0 Å². The van der Waals surface area contributed by atoms with E-state index in [4.69, 9.17) is 15.9 Å². The molecule has 7 heteroatoms. The van der Waals surface area contributed by atoms with Gasteiger partial charge < -0.3 is 20.8 Å². The van der Waals surface area contributed by atoms with Crippen LogP contribution in [0.5, 0.6) is 0 Å². The predicted octanol–water partition coefficient (Wildman–Crippen LogP) is -0.642. The number of rotatable bonds is 7. The van der Waals surface area contributed by atoms with Gasteiger partial charge >= 0.3 is 11.9 Å². The van der Waals surface area contributed by atoms with E-state index in [1.165, 1.54) is 0 Å². The van der Waals surface area contributed by atoms with Gasteiger partial charge in [0.2, 0.25) is 5.91 Å². The number of carbonyl (C=O) groups excluding carboxylic acids is 1. The molecule has 0 saturated heterocycles. The zero-order chi connectivity index (χ0) is 13.6. The fraction of sp³-hybridized carbons (Fsp3) is 0.700. The fourth-order valence-corrected chi connectivity index (χ4v) is 1.13. The van der Waals surface area contributed by atoms with Crippen molar-refractivity contribution in [1.29, 1.82) is 0 Å². The second-order valence-electron chi connectivity index (χ2n) is 4.15. The van der Waals surface area contributed by atoms with Gasteiger partial charge in [-0.25, -0.2) is 0 Å². The molecule has 1 atom stereocenters. The summed E-state index contributed by atoms with van der Waals surface area (Å²) in [6.45, 7) is 2.40. The molecule has 1 unspecified atom stereocenters. The Balaban J connectivity index is 4.51. The number of nitrogens with two attached hydrogens (primary N) is 1. The SMILES string of the molecule is CC(C)C(N)CC(=O)N(CC(=O)O)CC(=O)O. The Morgan fingerprint density at radius 3 is 1.82 bits per heavy atom. The first-order chi connectivity index (χ1) is 7.73. The van der Waals surface area contributed by atoms with Gasteiger partial charge in [-0.3, -0.25) is 14.4 Å². The molecule has 0 aliphatic carbocycles. The Morgan fingerprint density at radius 2 is 1.53 bits per heavy atom. The summed E-state index contributed by atoms with van der Waals surface area (Å²) in [5, 5.41) is 17.1. The van der Waals surface area contributed by atoms with Crippen molar-refractivity contribution in [3.63, 3.8) is 0 Å². The van der Waals surface area contributed by atoms with Crippen molar-refractivity contribution in [3.05, 3.63) is 0 Å². The van der Waals surface area contributed by atoms with Crippen LogP contribution in [0.1, 0.15) is 20.3 Å². The molecule has 0 fully saturated rings. The summed E-state index contributed by atoms with van der Waals surface area (Å²) in [5.74, 6) is -3.00. The van der Waals surface area contributed by atoms with Crippen molar-refractivity contribution in [3.8, 4) is 0 Å². The minimum absolute atomic E-state index is 0.0573. The van der Waals surface area contributed by atoms with Crippen molar-refractivity contribution in [2.24, 2.45) is 11.7 Å². The first-order valence-electron chi connectivity index (χ1n) is 5.21. The van der Waals surface area contributed by atoms with Crippen LogP contribution < -0.4 is 5.73 Å². The van der Waals surface area contributed by atoms with Crippen LogP contribution in [0.2, 0.25) is 0 Å². The second-order valence-corrected chi connectivity index (χ2v) is 4.15. The molecule has 7 nitrogen and oxygen atoms in total. The van der Waals surface area contributed by atoms with Gasteiger partial charge in [-0.2, -0.15) is 0 Å². The smallest absolute Gasteiger partial charge is 0.323 e. The Bertz CT molecular complexity index is 287. The fourth-order valence-electron chi connectivity index (χ4n) is 1.13. The molecule has 17 heavy (non-hydrogen) atoms. The second kappa shape index (κ2) is 6.85. The summed E-state index contributed by atoms with van der Waals surface area (Å²) in [6, 6.07) is -0.410. The van der Waals surface area contributed by atoms with Gasteiger partial charge in [0, 0.05) is 12.5 Å². The van der Waals surface area contributed by atoms with Crippen LogP contribution >= 0.6 is 0 Å². The monoisotopic (exact) mass is 246 g/mol. The van der Waals surface area contributed by atoms with E-state index in [1.54, 1.807) is 0 Å². The lowest BCUT2D eigenvalue weighted by Crippen LogP contribution is -2.42. The molecule has 0 rings (SSSR count). The van der Waals surface area contributed by atoms with E-state index in [2.05, 4.69) is 0 Å². The summed E-state index contributed by atoms with van der Waals surface area (Å²) >= 11 is 0. The molecule has 0 aromatic heterocycles. The van der Waals surface area contributed by atoms with Crippen molar-refractivity contribution in [1.82, 2.24) is 4.90 Å². The van der Waals surface area contributed by atoms with Gasteiger partial charge in [0.05, 0.1) is 0 Å². The molecule has 0 heterocycles. The van der Waals surface area contributed by atoms with E-state index >= 15 is 0 Å². The standard InChI is InChI=1S/C10H18N2O5/c1-6(2)7(11)3-8(13)12(4-9(14)15)5-10(16)17/h6-7H,3-5,11H2,1-2H3,(H,14,15)(H,16,17). The van der Waals surface area contributed by atoms with Crippen molar-refractivity contribution < 1.29 is 24.6 Å². The number of carboxylic acids is 2. The third-order valence-corrected chi connectivity index (χ3v) is 2.27. The maximum atomic E-state index is 11.6. The Kier molecular flexibility index (Phi) is 6.19. The molecule has 0 aromatic carbocycles. The maximum absolute atomic E-state index is 11.6. The average molecular weight is 246 g/mol. The molecule has 0 aliphatic rings. The molecule has 0 aromatic rings. The number of carbonyl (C=O) groups is 3. The number of carboxylic acid groups (broad SMARTS) is 2. The highest BCUT2D eigenvalue weighted by Gasteiger charge is 2.22. The van der Waals surface area contributed by atoms with Crippen LogP contribution in [0.25, 0.3) is 0 Å². The highest BCUT2D eigenvalue weighted by Crippen LogP contribution is 2.05. The van der Waals surface area contributed by atoms with E-state index in [0.717, 1.165) is 4.90 Å². The van der Waals surface area contributed by atoms with Crippen LogP contribution in [-0.4, -0.2) is 52.1 Å². The van der Waals surface area contributed by atoms with Gasteiger partial charge in [-0.15, -0.1) is 0 Å². The highest BCUT2D eigenvalue weighted by molar-refractivity contribution is 5.85. The van der Waals surface area contributed by atoms with E-state index < -0.39 is 37.0 Å². The van der Waals surface area contributed by atoms with Gasteiger partial charge in [-0.1, -0.05) is 13.8 Å². The van der Waals surface area contributed by atoms with E-state index in [1.807, 2.05) is 13.8 Å². The molecule has 0 saturated carbocycles. The molecular weight excluding hydrogens is 228 g/mol. The molecule has 98 valence electrons. The Hall–Kier alpha value is -1.63. The average Bonchev–Trinajstić information content (AvgIpc) is 2.14. The van der Waals surface area contributed by atoms with Crippen LogP contribution in [0, 0.1) is 5.92 Å². The van der Waals surface area contributed by atoms with Crippen molar-refractivity contribution in [2.75, 3.05) is 13.1 Å².